The van der Waals surface area contributed by atoms with Gasteiger partial charge in [0.15, 0.2) is 0 Å². The zero-order valence-electron chi connectivity index (χ0n) is 5.68. The van der Waals surface area contributed by atoms with Gasteiger partial charge in [0.25, 0.3) is 0 Å². The van der Waals surface area contributed by atoms with Crippen LogP contribution in [0.2, 0.25) is 0 Å². The molecule has 0 unspecified atom stereocenters. The molecule has 1 heterocycles. The highest BCUT2D eigenvalue weighted by molar-refractivity contribution is 4.58. The van der Waals surface area contributed by atoms with Gasteiger partial charge < -0.3 is 9.84 Å². The van der Waals surface area contributed by atoms with Gasteiger partial charge in [0.05, 0.1) is 6.10 Å². The lowest BCUT2D eigenvalue weighted by Crippen LogP contribution is -2.19. The fourth-order valence-corrected chi connectivity index (χ4v) is 0.685. The van der Waals surface area contributed by atoms with E-state index in [4.69, 9.17) is 9.84 Å². The summed E-state index contributed by atoms with van der Waals surface area (Å²) in [6.07, 6.45) is 1.55. The maximum absolute atomic E-state index is 8.83. The summed E-state index contributed by atoms with van der Waals surface area (Å²) in [6, 6.07) is 0. The molecule has 0 aromatic carbocycles. The molecule has 0 atom stereocenters. The Hall–Kier alpha value is -0.340. The molecule has 1 fully saturated rings. The molecule has 9 heavy (non-hydrogen) atoms. The molecule has 0 bridgehead atoms. The van der Waals surface area contributed by atoms with Crippen molar-refractivity contribution in [3.05, 3.63) is 13.2 Å². The van der Waals surface area contributed by atoms with Crippen LogP contribution >= 0.6 is 0 Å². The third-order valence-corrected chi connectivity index (χ3v) is 1.19. The van der Waals surface area contributed by atoms with Gasteiger partial charge in [-0.15, -0.1) is 13.2 Å². The van der Waals surface area contributed by atoms with E-state index in [1.54, 1.807) is 0 Å². The van der Waals surface area contributed by atoms with Gasteiger partial charge in [-0.05, 0) is 12.8 Å². The molecule has 1 N–H and O–H groups in total. The van der Waals surface area contributed by atoms with Crippen molar-refractivity contribution in [2.24, 2.45) is 0 Å². The zero-order valence-corrected chi connectivity index (χ0v) is 5.68. The maximum Gasteiger partial charge on any atom is 0.0584 e. The standard InChI is InChI=1S/C5H10O2.C2H4/c6-5-1-3-7-4-2-5;1-2/h5-6H,1-4H2;1-2H2. The van der Waals surface area contributed by atoms with Gasteiger partial charge in [-0.1, -0.05) is 0 Å². The van der Waals surface area contributed by atoms with Crippen LogP contribution in [-0.2, 0) is 4.74 Å². The number of rotatable bonds is 0. The smallest absolute Gasteiger partial charge is 0.0584 e. The molecule has 0 amide bonds. The van der Waals surface area contributed by atoms with E-state index in [1.165, 1.54) is 0 Å². The zero-order chi connectivity index (χ0) is 7.11. The highest BCUT2D eigenvalue weighted by Crippen LogP contribution is 2.04. The SMILES string of the molecule is C=C.OC1CCOCC1. The molecule has 1 aliphatic heterocycles. The Labute approximate surface area is 56.1 Å². The third kappa shape index (κ3) is 4.18. The van der Waals surface area contributed by atoms with Gasteiger partial charge in [0, 0.05) is 13.2 Å². The van der Waals surface area contributed by atoms with Gasteiger partial charge >= 0.3 is 0 Å². The van der Waals surface area contributed by atoms with Crippen LogP contribution in [0.5, 0.6) is 0 Å². The monoisotopic (exact) mass is 130 g/mol. The summed E-state index contributed by atoms with van der Waals surface area (Å²) >= 11 is 0. The van der Waals surface area contributed by atoms with E-state index >= 15 is 0 Å². The van der Waals surface area contributed by atoms with E-state index in [0.717, 1.165) is 26.1 Å². The fraction of sp³-hybridized carbons (Fsp3) is 0.714. The van der Waals surface area contributed by atoms with Crippen LogP contribution in [0.25, 0.3) is 0 Å². The van der Waals surface area contributed by atoms with Crippen LogP contribution in [-0.4, -0.2) is 24.4 Å². The van der Waals surface area contributed by atoms with Crippen LogP contribution in [0.15, 0.2) is 13.2 Å². The molecular formula is C7H14O2. The number of hydrogen-bond acceptors (Lipinski definition) is 2. The number of aliphatic hydroxyl groups is 1. The van der Waals surface area contributed by atoms with E-state index in [2.05, 4.69) is 13.2 Å². The lowest BCUT2D eigenvalue weighted by Gasteiger charge is -2.15. The minimum Gasteiger partial charge on any atom is -0.393 e. The molecular weight excluding hydrogens is 116 g/mol. The average Bonchev–Trinajstić information content (AvgIpc) is 1.94. The highest BCUT2D eigenvalue weighted by atomic mass is 16.5. The molecule has 0 aromatic rings. The molecule has 2 heteroatoms. The summed E-state index contributed by atoms with van der Waals surface area (Å²) < 4.78 is 4.98. The molecule has 1 saturated heterocycles. The van der Waals surface area contributed by atoms with E-state index in [-0.39, 0.29) is 6.10 Å². The quantitative estimate of drug-likeness (QED) is 0.495. The summed E-state index contributed by atoms with van der Waals surface area (Å²) in [5.74, 6) is 0. The lowest BCUT2D eigenvalue weighted by molar-refractivity contribution is 0.0140. The topological polar surface area (TPSA) is 29.5 Å². The predicted molar refractivity (Wildman–Crippen MR) is 37.3 cm³/mol. The van der Waals surface area contributed by atoms with Crippen molar-refractivity contribution >= 4 is 0 Å². The first-order valence-corrected chi connectivity index (χ1v) is 3.15. The second-order valence-electron chi connectivity index (χ2n) is 1.84. The van der Waals surface area contributed by atoms with Crippen molar-refractivity contribution in [2.75, 3.05) is 13.2 Å². The Kier molecular flexibility index (Phi) is 5.57. The molecule has 1 aliphatic rings. The Bertz CT molecular complexity index is 57.9. The van der Waals surface area contributed by atoms with Crippen LogP contribution in [0.1, 0.15) is 12.8 Å². The Morgan fingerprint density at radius 1 is 1.22 bits per heavy atom. The van der Waals surface area contributed by atoms with Gasteiger partial charge in [0.2, 0.25) is 0 Å². The predicted octanol–water partition coefficient (Wildman–Crippen LogP) is 0.960. The number of aliphatic hydroxyl groups excluding tert-OH is 1. The summed E-state index contributed by atoms with van der Waals surface area (Å²) in [6.45, 7) is 7.47. The Balaban J connectivity index is 0.000000291. The molecule has 0 radical (unpaired) electrons. The number of ether oxygens (including phenoxy) is 1. The molecule has 0 spiro atoms. The molecule has 0 aromatic heterocycles. The molecule has 0 aliphatic carbocycles. The van der Waals surface area contributed by atoms with Gasteiger partial charge in [-0.2, -0.15) is 0 Å². The van der Waals surface area contributed by atoms with E-state index in [9.17, 15) is 0 Å². The van der Waals surface area contributed by atoms with Crippen molar-refractivity contribution in [1.82, 2.24) is 0 Å². The normalized spacial score (nSPS) is 20.1. The van der Waals surface area contributed by atoms with Crippen molar-refractivity contribution in [2.45, 2.75) is 18.9 Å². The number of hydrogen-bond donors (Lipinski definition) is 1. The van der Waals surface area contributed by atoms with E-state index in [0.29, 0.717) is 0 Å². The summed E-state index contributed by atoms with van der Waals surface area (Å²) in [5, 5.41) is 8.83. The Morgan fingerprint density at radius 3 is 1.89 bits per heavy atom. The van der Waals surface area contributed by atoms with Crippen LogP contribution in [0.3, 0.4) is 0 Å². The van der Waals surface area contributed by atoms with Crippen LogP contribution in [0.4, 0.5) is 0 Å². The van der Waals surface area contributed by atoms with Crippen LogP contribution in [0, 0.1) is 0 Å². The first-order chi connectivity index (χ1) is 4.39. The third-order valence-electron chi connectivity index (χ3n) is 1.19. The maximum atomic E-state index is 8.83. The van der Waals surface area contributed by atoms with Crippen molar-refractivity contribution in [3.8, 4) is 0 Å². The van der Waals surface area contributed by atoms with Crippen molar-refractivity contribution in [3.63, 3.8) is 0 Å². The van der Waals surface area contributed by atoms with E-state index in [1.807, 2.05) is 0 Å². The van der Waals surface area contributed by atoms with Crippen molar-refractivity contribution < 1.29 is 9.84 Å². The summed E-state index contributed by atoms with van der Waals surface area (Å²) in [5.41, 5.74) is 0. The Morgan fingerprint density at radius 2 is 1.67 bits per heavy atom. The summed E-state index contributed by atoms with van der Waals surface area (Å²) in [4.78, 5) is 0. The summed E-state index contributed by atoms with van der Waals surface area (Å²) in [7, 11) is 0. The molecule has 0 saturated carbocycles. The first-order valence-electron chi connectivity index (χ1n) is 3.15. The van der Waals surface area contributed by atoms with Crippen LogP contribution < -0.4 is 0 Å². The van der Waals surface area contributed by atoms with Crippen molar-refractivity contribution in [1.29, 1.82) is 0 Å². The van der Waals surface area contributed by atoms with Gasteiger partial charge in [-0.3, -0.25) is 0 Å². The van der Waals surface area contributed by atoms with Gasteiger partial charge in [0.1, 0.15) is 0 Å². The average molecular weight is 130 g/mol. The lowest BCUT2D eigenvalue weighted by atomic mass is 10.2. The second-order valence-corrected chi connectivity index (χ2v) is 1.84. The molecule has 54 valence electrons. The molecule has 2 nitrogen and oxygen atoms in total. The largest absolute Gasteiger partial charge is 0.393 e. The molecule has 1 rings (SSSR count). The minimum absolute atomic E-state index is 0.0891. The fourth-order valence-electron chi connectivity index (χ4n) is 0.685. The van der Waals surface area contributed by atoms with E-state index < -0.39 is 0 Å². The first kappa shape index (κ1) is 8.66. The minimum atomic E-state index is -0.0891. The highest BCUT2D eigenvalue weighted by Gasteiger charge is 2.07. The van der Waals surface area contributed by atoms with Gasteiger partial charge in [-0.25, -0.2) is 0 Å². The second kappa shape index (κ2) is 5.79.